The van der Waals surface area contributed by atoms with Gasteiger partial charge in [-0.05, 0) is 19.5 Å². The number of aromatic carboxylic acids is 1. The molecule has 1 aromatic rings. The summed E-state index contributed by atoms with van der Waals surface area (Å²) < 4.78 is 4.97. The van der Waals surface area contributed by atoms with Crippen LogP contribution in [0.2, 0.25) is 0 Å². The summed E-state index contributed by atoms with van der Waals surface area (Å²) in [7, 11) is 0. The van der Waals surface area contributed by atoms with E-state index in [0.29, 0.717) is 12.3 Å². The number of carbonyl (C=O) groups is 1. The summed E-state index contributed by atoms with van der Waals surface area (Å²) in [5, 5.41) is 12.2. The lowest BCUT2D eigenvalue weighted by molar-refractivity contribution is 0.0685. The maximum absolute atomic E-state index is 10.6. The molecule has 0 bridgehead atoms. The highest BCUT2D eigenvalue weighted by atomic mass is 16.5. The average molecular weight is 226 g/mol. The van der Waals surface area contributed by atoms with Crippen molar-refractivity contribution < 1.29 is 14.4 Å². The van der Waals surface area contributed by atoms with Gasteiger partial charge >= 0.3 is 5.97 Å². The van der Waals surface area contributed by atoms with Crippen LogP contribution < -0.4 is 0 Å². The van der Waals surface area contributed by atoms with Crippen LogP contribution in [0.25, 0.3) is 0 Å². The van der Waals surface area contributed by atoms with E-state index in [4.69, 9.17) is 9.63 Å². The Bertz CT molecular complexity index is 336. The summed E-state index contributed by atoms with van der Waals surface area (Å²) >= 11 is 0. The number of carboxylic acid groups (broad SMARTS) is 1. The molecule has 0 aliphatic heterocycles. The van der Waals surface area contributed by atoms with Gasteiger partial charge in [0.15, 0.2) is 11.5 Å². The van der Waals surface area contributed by atoms with Gasteiger partial charge in [-0.3, -0.25) is 4.90 Å². The number of hydrogen-bond acceptors (Lipinski definition) is 4. The first-order valence-electron chi connectivity index (χ1n) is 5.58. The van der Waals surface area contributed by atoms with Crippen molar-refractivity contribution in [3.63, 3.8) is 0 Å². The third kappa shape index (κ3) is 3.66. The molecule has 0 saturated carbocycles. The molecule has 1 rings (SSSR count). The number of carboxylic acids is 1. The highest BCUT2D eigenvalue weighted by molar-refractivity contribution is 5.85. The second kappa shape index (κ2) is 6.27. The molecule has 16 heavy (non-hydrogen) atoms. The first-order chi connectivity index (χ1) is 7.67. The van der Waals surface area contributed by atoms with E-state index in [9.17, 15) is 4.79 Å². The van der Waals surface area contributed by atoms with Crippen molar-refractivity contribution in [1.82, 2.24) is 10.1 Å². The summed E-state index contributed by atoms with van der Waals surface area (Å²) in [5.41, 5.74) is -0.0263. The Morgan fingerprint density at radius 3 is 2.81 bits per heavy atom. The normalized spacial score (nSPS) is 10.9. The highest BCUT2D eigenvalue weighted by Gasteiger charge is 2.12. The largest absolute Gasteiger partial charge is 0.476 e. The lowest BCUT2D eigenvalue weighted by Crippen LogP contribution is -2.23. The molecule has 0 fully saturated rings. The van der Waals surface area contributed by atoms with Gasteiger partial charge in [-0.2, -0.15) is 0 Å². The van der Waals surface area contributed by atoms with Crippen LogP contribution in [-0.2, 0) is 6.54 Å². The average Bonchev–Trinajstić information content (AvgIpc) is 2.72. The first-order valence-corrected chi connectivity index (χ1v) is 5.58. The van der Waals surface area contributed by atoms with Gasteiger partial charge in [0.1, 0.15) is 0 Å². The van der Waals surface area contributed by atoms with Crippen LogP contribution in [0.1, 0.15) is 42.9 Å². The predicted octanol–water partition coefficient (Wildman–Crippen LogP) is 1.99. The second-order valence-corrected chi connectivity index (χ2v) is 3.71. The summed E-state index contributed by atoms with van der Waals surface area (Å²) in [6, 6.07) is 1.48. The number of rotatable bonds is 7. The molecule has 0 aliphatic carbocycles. The van der Waals surface area contributed by atoms with Crippen LogP contribution in [0.5, 0.6) is 0 Å². The SMILES string of the molecule is CCCCN(CC)Cc1cc(C(=O)O)no1. The topological polar surface area (TPSA) is 66.6 Å². The number of hydrogen-bond donors (Lipinski definition) is 1. The fourth-order valence-corrected chi connectivity index (χ4v) is 1.44. The van der Waals surface area contributed by atoms with E-state index in [2.05, 4.69) is 23.9 Å². The third-order valence-electron chi connectivity index (χ3n) is 2.43. The van der Waals surface area contributed by atoms with Gasteiger partial charge in [0.2, 0.25) is 0 Å². The van der Waals surface area contributed by atoms with Crippen LogP contribution in [0, 0.1) is 0 Å². The van der Waals surface area contributed by atoms with E-state index in [1.54, 1.807) is 0 Å². The van der Waals surface area contributed by atoms with Crippen molar-refractivity contribution in [2.24, 2.45) is 0 Å². The molecule has 0 unspecified atom stereocenters. The minimum atomic E-state index is -1.05. The predicted molar refractivity (Wildman–Crippen MR) is 59.3 cm³/mol. The van der Waals surface area contributed by atoms with Gasteiger partial charge in [-0.15, -0.1) is 0 Å². The zero-order valence-electron chi connectivity index (χ0n) is 9.77. The van der Waals surface area contributed by atoms with Crippen LogP contribution in [-0.4, -0.2) is 34.2 Å². The lowest BCUT2D eigenvalue weighted by Gasteiger charge is -2.17. The molecular weight excluding hydrogens is 208 g/mol. The minimum Gasteiger partial charge on any atom is -0.476 e. The maximum atomic E-state index is 10.6. The van der Waals surface area contributed by atoms with E-state index < -0.39 is 5.97 Å². The third-order valence-corrected chi connectivity index (χ3v) is 2.43. The molecule has 0 amide bonds. The first kappa shape index (κ1) is 12.7. The molecule has 1 aromatic heterocycles. The maximum Gasteiger partial charge on any atom is 0.358 e. The van der Waals surface area contributed by atoms with Gasteiger partial charge in [0.25, 0.3) is 0 Å². The van der Waals surface area contributed by atoms with Gasteiger partial charge in [0, 0.05) is 6.07 Å². The van der Waals surface area contributed by atoms with E-state index in [1.807, 2.05) is 0 Å². The van der Waals surface area contributed by atoms with Gasteiger partial charge in [-0.25, -0.2) is 4.79 Å². The zero-order chi connectivity index (χ0) is 12.0. The smallest absolute Gasteiger partial charge is 0.358 e. The van der Waals surface area contributed by atoms with Crippen LogP contribution in [0.15, 0.2) is 10.6 Å². The standard InChI is InChI=1S/C11H18N2O3/c1-3-5-6-13(4-2)8-9-7-10(11(14)15)12-16-9/h7H,3-6,8H2,1-2H3,(H,14,15). The summed E-state index contributed by atoms with van der Waals surface area (Å²) in [4.78, 5) is 12.8. The molecule has 5 heteroatoms. The fraction of sp³-hybridized carbons (Fsp3) is 0.636. The molecule has 1 N–H and O–H groups in total. The second-order valence-electron chi connectivity index (χ2n) is 3.71. The molecular formula is C11H18N2O3. The van der Waals surface area contributed by atoms with Crippen LogP contribution >= 0.6 is 0 Å². The van der Waals surface area contributed by atoms with E-state index in [0.717, 1.165) is 25.9 Å². The number of nitrogens with zero attached hydrogens (tertiary/aromatic N) is 2. The lowest BCUT2D eigenvalue weighted by atomic mass is 10.3. The highest BCUT2D eigenvalue weighted by Crippen LogP contribution is 2.08. The molecule has 0 spiro atoms. The molecule has 0 aromatic carbocycles. The van der Waals surface area contributed by atoms with Crippen molar-refractivity contribution in [2.75, 3.05) is 13.1 Å². The van der Waals surface area contributed by atoms with Crippen molar-refractivity contribution in [3.05, 3.63) is 17.5 Å². The Kier molecular flexibility index (Phi) is 4.98. The number of aromatic nitrogens is 1. The molecule has 90 valence electrons. The Labute approximate surface area is 95.0 Å². The van der Waals surface area contributed by atoms with Crippen LogP contribution in [0.4, 0.5) is 0 Å². The van der Waals surface area contributed by atoms with Crippen molar-refractivity contribution in [2.45, 2.75) is 33.2 Å². The molecule has 0 aliphatic rings. The van der Waals surface area contributed by atoms with E-state index >= 15 is 0 Å². The van der Waals surface area contributed by atoms with Crippen molar-refractivity contribution >= 4 is 5.97 Å². The Morgan fingerprint density at radius 1 is 1.56 bits per heavy atom. The Morgan fingerprint density at radius 2 is 2.31 bits per heavy atom. The molecule has 0 atom stereocenters. The fourth-order valence-electron chi connectivity index (χ4n) is 1.44. The Hall–Kier alpha value is -1.36. The van der Waals surface area contributed by atoms with Gasteiger partial charge < -0.3 is 9.63 Å². The monoisotopic (exact) mass is 226 g/mol. The van der Waals surface area contributed by atoms with Gasteiger partial charge in [0.05, 0.1) is 6.54 Å². The summed E-state index contributed by atoms with van der Waals surface area (Å²) in [6.07, 6.45) is 2.28. The zero-order valence-corrected chi connectivity index (χ0v) is 9.77. The van der Waals surface area contributed by atoms with E-state index in [-0.39, 0.29) is 5.69 Å². The molecule has 5 nitrogen and oxygen atoms in total. The van der Waals surface area contributed by atoms with Crippen molar-refractivity contribution in [3.8, 4) is 0 Å². The van der Waals surface area contributed by atoms with Crippen molar-refractivity contribution in [1.29, 1.82) is 0 Å². The minimum absolute atomic E-state index is 0.0263. The van der Waals surface area contributed by atoms with Gasteiger partial charge in [-0.1, -0.05) is 25.4 Å². The van der Waals surface area contributed by atoms with E-state index in [1.165, 1.54) is 6.07 Å². The quantitative estimate of drug-likeness (QED) is 0.770. The molecule has 0 radical (unpaired) electrons. The Balaban J connectivity index is 2.52. The summed E-state index contributed by atoms with van der Waals surface area (Å²) in [6.45, 7) is 6.75. The molecule has 1 heterocycles. The summed E-state index contributed by atoms with van der Waals surface area (Å²) in [5.74, 6) is -0.443. The van der Waals surface area contributed by atoms with Crippen LogP contribution in [0.3, 0.4) is 0 Å². The molecule has 0 saturated heterocycles. The number of unbranched alkanes of at least 4 members (excludes halogenated alkanes) is 1.